The predicted octanol–water partition coefficient (Wildman–Crippen LogP) is 5.30. The predicted molar refractivity (Wildman–Crippen MR) is 128 cm³/mol. The SMILES string of the molecule is CC(C)(C)SN[C@H]1CC[C@H](CNc2cccc(S(=O)(=O)NC3CCCCC3)c2)CC1. The van der Waals surface area contributed by atoms with E-state index in [1.807, 2.05) is 24.1 Å². The Labute approximate surface area is 187 Å². The number of benzene rings is 1. The van der Waals surface area contributed by atoms with Crippen LogP contribution in [0.4, 0.5) is 5.69 Å². The first kappa shape index (κ1) is 23.9. The zero-order valence-electron chi connectivity index (χ0n) is 18.7. The second kappa shape index (κ2) is 10.7. The lowest BCUT2D eigenvalue weighted by atomic mass is 9.86. The van der Waals surface area contributed by atoms with Gasteiger partial charge in [-0.3, -0.25) is 4.72 Å². The lowest BCUT2D eigenvalue weighted by Gasteiger charge is -2.31. The van der Waals surface area contributed by atoms with Gasteiger partial charge in [-0.15, -0.1) is 0 Å². The monoisotopic (exact) mass is 453 g/mol. The van der Waals surface area contributed by atoms with Crippen LogP contribution in [-0.4, -0.2) is 31.8 Å². The van der Waals surface area contributed by atoms with Gasteiger partial charge in [0.2, 0.25) is 10.0 Å². The molecule has 5 nitrogen and oxygen atoms in total. The van der Waals surface area contributed by atoms with E-state index in [0.29, 0.717) is 16.9 Å². The topological polar surface area (TPSA) is 70.2 Å². The maximum atomic E-state index is 12.8. The van der Waals surface area contributed by atoms with E-state index < -0.39 is 10.0 Å². The summed E-state index contributed by atoms with van der Waals surface area (Å²) in [6.45, 7) is 7.61. The highest BCUT2D eigenvalue weighted by Crippen LogP contribution is 2.29. The molecular formula is C23H39N3O2S2. The van der Waals surface area contributed by atoms with Crippen LogP contribution >= 0.6 is 11.9 Å². The molecule has 0 saturated heterocycles. The Kier molecular flexibility index (Phi) is 8.53. The number of sulfonamides is 1. The normalized spacial score (nSPS) is 24.0. The largest absolute Gasteiger partial charge is 0.385 e. The Bertz CT molecular complexity index is 763. The summed E-state index contributed by atoms with van der Waals surface area (Å²) >= 11 is 1.84. The quantitative estimate of drug-likeness (QED) is 0.466. The molecule has 30 heavy (non-hydrogen) atoms. The van der Waals surface area contributed by atoms with Crippen molar-refractivity contribution in [2.75, 3.05) is 11.9 Å². The van der Waals surface area contributed by atoms with Crippen LogP contribution in [0.15, 0.2) is 29.2 Å². The van der Waals surface area contributed by atoms with Crippen molar-refractivity contribution < 1.29 is 8.42 Å². The van der Waals surface area contributed by atoms with Gasteiger partial charge >= 0.3 is 0 Å². The zero-order valence-corrected chi connectivity index (χ0v) is 20.4. The zero-order chi connectivity index (χ0) is 21.6. The highest BCUT2D eigenvalue weighted by atomic mass is 32.2. The molecule has 0 atom stereocenters. The maximum Gasteiger partial charge on any atom is 0.240 e. The average Bonchev–Trinajstić information content (AvgIpc) is 2.72. The lowest BCUT2D eigenvalue weighted by molar-refractivity contribution is 0.328. The fraction of sp³-hybridized carbons (Fsp3) is 0.739. The molecule has 1 aromatic rings. The van der Waals surface area contributed by atoms with E-state index in [-0.39, 0.29) is 10.8 Å². The molecule has 0 bridgehead atoms. The lowest BCUT2D eigenvalue weighted by Crippen LogP contribution is -2.36. The van der Waals surface area contributed by atoms with Gasteiger partial charge in [0.05, 0.1) is 4.90 Å². The third-order valence-corrected chi connectivity index (χ3v) is 8.63. The minimum Gasteiger partial charge on any atom is -0.385 e. The number of hydrogen-bond donors (Lipinski definition) is 3. The summed E-state index contributed by atoms with van der Waals surface area (Å²) in [5.74, 6) is 0.642. The number of rotatable bonds is 8. The maximum absolute atomic E-state index is 12.8. The Morgan fingerprint density at radius 1 is 0.967 bits per heavy atom. The van der Waals surface area contributed by atoms with Crippen LogP contribution in [0.25, 0.3) is 0 Å². The Morgan fingerprint density at radius 2 is 1.67 bits per heavy atom. The molecule has 2 fully saturated rings. The summed E-state index contributed by atoms with van der Waals surface area (Å²) in [6.07, 6.45) is 10.2. The molecule has 3 rings (SSSR count). The van der Waals surface area contributed by atoms with Gasteiger partial charge in [-0.1, -0.05) is 37.3 Å². The number of nitrogens with one attached hydrogen (secondary N) is 3. The smallest absolute Gasteiger partial charge is 0.240 e. The van der Waals surface area contributed by atoms with Crippen LogP contribution in [0.1, 0.15) is 78.6 Å². The summed E-state index contributed by atoms with van der Waals surface area (Å²) in [5, 5.41) is 3.48. The summed E-state index contributed by atoms with van der Waals surface area (Å²) in [4.78, 5) is 0.366. The molecule has 0 radical (unpaired) electrons. The minimum absolute atomic E-state index is 0.0839. The molecule has 1 aromatic carbocycles. The first-order valence-corrected chi connectivity index (χ1v) is 13.8. The van der Waals surface area contributed by atoms with E-state index in [4.69, 9.17) is 0 Å². The second-order valence-electron chi connectivity index (χ2n) is 9.91. The van der Waals surface area contributed by atoms with Crippen molar-refractivity contribution in [3.8, 4) is 0 Å². The summed E-state index contributed by atoms with van der Waals surface area (Å²) in [7, 11) is -3.45. The molecule has 170 valence electrons. The number of hydrogen-bond acceptors (Lipinski definition) is 5. The van der Waals surface area contributed by atoms with Crippen molar-refractivity contribution in [1.29, 1.82) is 0 Å². The van der Waals surface area contributed by atoms with Gasteiger partial charge in [0.15, 0.2) is 0 Å². The van der Waals surface area contributed by atoms with Crippen LogP contribution in [0.3, 0.4) is 0 Å². The van der Waals surface area contributed by atoms with Crippen molar-refractivity contribution in [3.05, 3.63) is 24.3 Å². The summed E-state index contributed by atoms with van der Waals surface area (Å²) in [6, 6.07) is 7.96. The first-order chi connectivity index (χ1) is 14.2. The van der Waals surface area contributed by atoms with Crippen LogP contribution in [0, 0.1) is 5.92 Å². The van der Waals surface area contributed by atoms with Crippen LogP contribution in [0.5, 0.6) is 0 Å². The highest BCUT2D eigenvalue weighted by Gasteiger charge is 2.24. The van der Waals surface area contributed by atoms with Gasteiger partial charge in [0.25, 0.3) is 0 Å². The van der Waals surface area contributed by atoms with Gasteiger partial charge in [0.1, 0.15) is 0 Å². The van der Waals surface area contributed by atoms with Crippen molar-refractivity contribution in [2.45, 2.75) is 100 Å². The third kappa shape index (κ3) is 7.74. The van der Waals surface area contributed by atoms with E-state index in [9.17, 15) is 8.42 Å². The Hall–Kier alpha value is -0.760. The molecular weight excluding hydrogens is 414 g/mol. The van der Waals surface area contributed by atoms with Gasteiger partial charge in [-0.2, -0.15) is 0 Å². The van der Waals surface area contributed by atoms with Gasteiger partial charge in [-0.05, 0) is 83.4 Å². The fourth-order valence-corrected chi connectivity index (χ4v) is 6.39. The molecule has 2 aliphatic rings. The Morgan fingerprint density at radius 3 is 2.33 bits per heavy atom. The van der Waals surface area contributed by atoms with E-state index in [1.54, 1.807) is 12.1 Å². The molecule has 3 N–H and O–H groups in total. The van der Waals surface area contributed by atoms with E-state index >= 15 is 0 Å². The Balaban J connectivity index is 1.46. The minimum atomic E-state index is -3.45. The average molecular weight is 454 g/mol. The van der Waals surface area contributed by atoms with Crippen molar-refractivity contribution in [3.63, 3.8) is 0 Å². The van der Waals surface area contributed by atoms with Crippen LogP contribution in [-0.2, 0) is 10.0 Å². The standard InChI is InChI=1S/C23H39N3O2S2/c1-23(2,3)29-25-19-14-12-18(13-15-19)17-24-21-10-7-11-22(16-21)30(27,28)26-20-8-5-4-6-9-20/h7,10-11,16,18-20,24-26H,4-6,8-9,12-15,17H2,1-3H3/t18-,19-. The summed E-state index contributed by atoms with van der Waals surface area (Å²) < 4.78 is 32.3. The highest BCUT2D eigenvalue weighted by molar-refractivity contribution is 7.98. The van der Waals surface area contributed by atoms with Crippen molar-refractivity contribution in [2.24, 2.45) is 5.92 Å². The van der Waals surface area contributed by atoms with Crippen molar-refractivity contribution >= 4 is 27.7 Å². The molecule has 0 amide bonds. The summed E-state index contributed by atoms with van der Waals surface area (Å²) in [5.41, 5.74) is 0.894. The van der Waals surface area contributed by atoms with Crippen LogP contribution in [0.2, 0.25) is 0 Å². The van der Waals surface area contributed by atoms with Crippen molar-refractivity contribution in [1.82, 2.24) is 9.44 Å². The molecule has 0 aromatic heterocycles. The van der Waals surface area contributed by atoms with E-state index in [1.165, 1.54) is 32.1 Å². The first-order valence-electron chi connectivity index (χ1n) is 11.5. The van der Waals surface area contributed by atoms with E-state index in [2.05, 4.69) is 35.5 Å². The molecule has 2 saturated carbocycles. The molecule has 7 heteroatoms. The number of anilines is 1. The second-order valence-corrected chi connectivity index (χ2v) is 13.3. The fourth-order valence-electron chi connectivity index (χ4n) is 4.29. The van der Waals surface area contributed by atoms with Gasteiger partial charge < -0.3 is 5.32 Å². The molecule has 0 heterocycles. The molecule has 0 aliphatic heterocycles. The molecule has 2 aliphatic carbocycles. The third-order valence-electron chi connectivity index (χ3n) is 6.04. The molecule has 0 unspecified atom stereocenters. The van der Waals surface area contributed by atoms with Gasteiger partial charge in [-0.25, -0.2) is 13.1 Å². The van der Waals surface area contributed by atoms with Crippen LogP contribution < -0.4 is 14.8 Å². The van der Waals surface area contributed by atoms with Gasteiger partial charge in [0, 0.05) is 29.1 Å². The van der Waals surface area contributed by atoms with E-state index in [0.717, 1.165) is 37.9 Å². The molecule has 0 spiro atoms.